The first-order valence-corrected chi connectivity index (χ1v) is 20.6. The number of ketones is 2. The van der Waals surface area contributed by atoms with Crippen LogP contribution in [0.1, 0.15) is 107 Å². The predicted octanol–water partition coefficient (Wildman–Crippen LogP) is 8.08. The Labute approximate surface area is 372 Å². The molecule has 0 spiro atoms. The van der Waals surface area contributed by atoms with E-state index in [1.807, 2.05) is 20.8 Å². The minimum absolute atomic E-state index is 0.00538. The summed E-state index contributed by atoms with van der Waals surface area (Å²) in [5.74, 6) is -6.58. The molecule has 0 saturated heterocycles. The van der Waals surface area contributed by atoms with Crippen LogP contribution in [0, 0.1) is 5.41 Å². The Hall–Kier alpha value is -7.41. The van der Waals surface area contributed by atoms with Crippen molar-refractivity contribution in [2.45, 2.75) is 73.6 Å². The highest BCUT2D eigenvalue weighted by molar-refractivity contribution is 6.41. The Morgan fingerprint density at radius 1 is 0.531 bits per heavy atom. The molecule has 4 aromatic rings. The fraction of sp³-hybridized carbons (Fsp3) is 0.275. The summed E-state index contributed by atoms with van der Waals surface area (Å²) < 4.78 is 27.4. The van der Waals surface area contributed by atoms with E-state index >= 15 is 0 Å². The zero-order chi connectivity index (χ0) is 47.3. The van der Waals surface area contributed by atoms with Crippen LogP contribution in [0.15, 0.2) is 98.6 Å². The number of carbonyl (C=O) groups excluding carboxylic acids is 7. The van der Waals surface area contributed by atoms with Crippen LogP contribution in [0.4, 0.5) is 0 Å². The van der Waals surface area contributed by atoms with E-state index < -0.39 is 41.4 Å². The van der Waals surface area contributed by atoms with Crippen molar-refractivity contribution in [1.82, 2.24) is 0 Å². The lowest BCUT2D eigenvalue weighted by molar-refractivity contribution is -0.138. The molecule has 64 heavy (non-hydrogen) atoms. The number of phenolic OH excluding ortho intramolecular Hbond substituents is 1. The second-order valence-electron chi connectivity index (χ2n) is 15.7. The molecule has 0 aromatic heterocycles. The van der Waals surface area contributed by atoms with E-state index in [-0.39, 0.29) is 95.1 Å². The van der Waals surface area contributed by atoms with Crippen LogP contribution < -0.4 is 14.2 Å². The van der Waals surface area contributed by atoms with Crippen LogP contribution in [0.2, 0.25) is 0 Å². The van der Waals surface area contributed by atoms with Crippen molar-refractivity contribution >= 4 is 41.4 Å². The highest BCUT2D eigenvalue weighted by Gasteiger charge is 2.27. The molecule has 0 aliphatic carbocycles. The first kappa shape index (κ1) is 49.2. The fourth-order valence-corrected chi connectivity index (χ4v) is 6.91. The Bertz CT molecular complexity index is 2520. The van der Waals surface area contributed by atoms with Gasteiger partial charge in [-0.3, -0.25) is 9.59 Å². The maximum absolute atomic E-state index is 13.6. The smallest absolute Gasteiger partial charge is 0.379 e. The molecular weight excluding hydrogens is 821 g/mol. The van der Waals surface area contributed by atoms with Gasteiger partial charge in [0.05, 0.1) is 13.2 Å². The number of para-hydroxylation sites is 2. The van der Waals surface area contributed by atoms with Crippen LogP contribution in [0.3, 0.4) is 0 Å². The first-order chi connectivity index (χ1) is 30.4. The van der Waals surface area contributed by atoms with Gasteiger partial charge in [0.2, 0.25) is 0 Å². The predicted molar refractivity (Wildman–Crippen MR) is 238 cm³/mol. The minimum Gasteiger partial charge on any atom is -0.507 e. The zero-order valence-corrected chi connectivity index (χ0v) is 36.9. The Morgan fingerprint density at radius 3 is 1.25 bits per heavy atom. The third kappa shape index (κ3) is 12.6. The van der Waals surface area contributed by atoms with Gasteiger partial charge in [-0.2, -0.15) is 0 Å². The van der Waals surface area contributed by atoms with Crippen LogP contribution >= 0.6 is 0 Å². The van der Waals surface area contributed by atoms with Crippen LogP contribution in [-0.4, -0.2) is 59.7 Å². The van der Waals surface area contributed by atoms with Crippen molar-refractivity contribution in [3.05, 3.63) is 154 Å². The van der Waals surface area contributed by atoms with Gasteiger partial charge in [-0.15, -0.1) is 0 Å². The second kappa shape index (κ2) is 22.1. The lowest BCUT2D eigenvalue weighted by Gasteiger charge is -2.21. The van der Waals surface area contributed by atoms with E-state index in [0.29, 0.717) is 34.2 Å². The highest BCUT2D eigenvalue weighted by atomic mass is 16.6. The number of esters is 5. The molecule has 334 valence electrons. The summed E-state index contributed by atoms with van der Waals surface area (Å²) in [5.41, 5.74) is 2.51. The van der Waals surface area contributed by atoms with Crippen molar-refractivity contribution in [3.63, 3.8) is 0 Å². The Kier molecular flexibility index (Phi) is 17.0. The van der Waals surface area contributed by atoms with E-state index in [4.69, 9.17) is 23.7 Å². The van der Waals surface area contributed by atoms with Crippen molar-refractivity contribution < 1.29 is 62.4 Å². The molecule has 4 rings (SSSR count). The zero-order valence-electron chi connectivity index (χ0n) is 36.9. The molecule has 0 fully saturated rings. The molecule has 0 atom stereocenters. The fourth-order valence-electron chi connectivity index (χ4n) is 6.91. The van der Waals surface area contributed by atoms with Crippen LogP contribution in [0.25, 0.3) is 0 Å². The molecule has 0 unspecified atom stereocenters. The average molecular weight is 873 g/mol. The number of ether oxygens (including phenoxy) is 5. The number of aromatic hydroxyl groups is 1. The van der Waals surface area contributed by atoms with Crippen LogP contribution in [-0.2, 0) is 65.6 Å². The number of rotatable bonds is 20. The maximum Gasteiger partial charge on any atom is 0.379 e. The van der Waals surface area contributed by atoms with Gasteiger partial charge in [-0.05, 0) is 84.2 Å². The molecule has 0 radical (unpaired) electrons. The summed E-state index contributed by atoms with van der Waals surface area (Å²) in [5, 5.41) is 11.5. The van der Waals surface area contributed by atoms with Gasteiger partial charge in [0.1, 0.15) is 23.0 Å². The van der Waals surface area contributed by atoms with Gasteiger partial charge in [-0.1, -0.05) is 83.8 Å². The molecule has 13 nitrogen and oxygen atoms in total. The molecule has 0 heterocycles. The summed E-state index contributed by atoms with van der Waals surface area (Å²) >= 11 is 0. The number of hydrogen-bond donors (Lipinski definition) is 1. The van der Waals surface area contributed by atoms with Crippen molar-refractivity contribution in [3.8, 4) is 23.0 Å². The largest absolute Gasteiger partial charge is 0.507 e. The topological polar surface area (TPSA) is 186 Å². The number of aryl methyl sites for hydroxylation is 1. The summed E-state index contributed by atoms with van der Waals surface area (Å²) in [4.78, 5) is 91.0. The number of hydrogen-bond acceptors (Lipinski definition) is 13. The maximum atomic E-state index is 13.6. The minimum atomic E-state index is -1.13. The number of carbonyl (C=O) groups is 7. The van der Waals surface area contributed by atoms with Crippen LogP contribution in [0.5, 0.6) is 23.0 Å². The summed E-state index contributed by atoms with van der Waals surface area (Å²) in [6, 6.07) is 15.7. The molecule has 13 heteroatoms. The number of Topliss-reactive ketones (excluding diaryl/α,β-unsaturated/α-hetero) is 2. The normalized spacial score (nSPS) is 10.8. The number of phenols is 1. The summed E-state index contributed by atoms with van der Waals surface area (Å²) in [7, 11) is 0. The molecule has 0 bridgehead atoms. The third-order valence-corrected chi connectivity index (χ3v) is 9.67. The van der Waals surface area contributed by atoms with Crippen molar-refractivity contribution in [2.24, 2.45) is 5.41 Å². The molecule has 0 aliphatic heterocycles. The van der Waals surface area contributed by atoms with Gasteiger partial charge in [-0.25, -0.2) is 24.0 Å². The van der Waals surface area contributed by atoms with E-state index in [9.17, 15) is 38.7 Å². The summed E-state index contributed by atoms with van der Waals surface area (Å²) in [6.07, 6.45) is 3.26. The molecule has 0 amide bonds. The van der Waals surface area contributed by atoms with Crippen molar-refractivity contribution in [2.75, 3.05) is 13.2 Å². The van der Waals surface area contributed by atoms with Crippen molar-refractivity contribution in [1.29, 1.82) is 0 Å². The van der Waals surface area contributed by atoms with E-state index in [0.717, 1.165) is 18.2 Å². The van der Waals surface area contributed by atoms with Gasteiger partial charge < -0.3 is 28.8 Å². The highest BCUT2D eigenvalue weighted by Crippen LogP contribution is 2.39. The molecule has 1 N–H and O–H groups in total. The first-order valence-electron chi connectivity index (χ1n) is 20.6. The SMILES string of the molecule is C=CC(=O)Oc1c(CC)cc(C(=O)C(=O)OCC)cc1Cc1cccc(Cc2cc(C(=O)C(=O)OCC)cc(Cc3cccc(CC(C)(C)C)c3O)c2OC(=O)C=C)c1OC(=O)C=C. The standard InChI is InChI=1S/C51H52O13/c1-10-30-22-35(44(56)49(58)60-14-5)26-38(46(30)62-40(52)11-2)24-32-19-17-20-33(47(32)63-41(53)12-3)25-39-28-36(45(57)50(59)61-15-6)27-37(48(39)64-42(54)13-4)23-31-18-16-21-34(43(31)55)29-51(7,8)9/h11-13,16-22,26-28,55H,2-4,10,14-15,23-25,29H2,1,5-9H3. The Morgan fingerprint density at radius 2 is 0.875 bits per heavy atom. The van der Waals surface area contributed by atoms with E-state index in [1.54, 1.807) is 57.2 Å². The average Bonchev–Trinajstić information content (AvgIpc) is 3.26. The molecule has 0 saturated carbocycles. The third-order valence-electron chi connectivity index (χ3n) is 9.67. The lowest BCUT2D eigenvalue weighted by atomic mass is 9.86. The monoisotopic (exact) mass is 872 g/mol. The van der Waals surface area contributed by atoms with Gasteiger partial charge in [0.25, 0.3) is 11.6 Å². The van der Waals surface area contributed by atoms with Gasteiger partial charge in [0, 0.05) is 65.3 Å². The van der Waals surface area contributed by atoms with E-state index in [1.165, 1.54) is 24.3 Å². The molecule has 0 aliphatic rings. The van der Waals surface area contributed by atoms with Gasteiger partial charge >= 0.3 is 29.8 Å². The molecular formula is C51H52O13. The molecule has 4 aromatic carbocycles. The quantitative estimate of drug-likeness (QED) is 0.0296. The second-order valence-corrected chi connectivity index (χ2v) is 15.7. The lowest BCUT2D eigenvalue weighted by Crippen LogP contribution is -2.19. The van der Waals surface area contributed by atoms with E-state index in [2.05, 4.69) is 19.7 Å². The summed E-state index contributed by atoms with van der Waals surface area (Å²) in [6.45, 7) is 21.4. The Balaban J connectivity index is 2.02. The number of benzene rings is 4. The van der Waals surface area contributed by atoms with Gasteiger partial charge in [0.15, 0.2) is 0 Å².